The van der Waals surface area contributed by atoms with Crippen LogP contribution in [0.25, 0.3) is 0 Å². The molecule has 1 aromatic heterocycles. The van der Waals surface area contributed by atoms with Crippen LogP contribution in [0, 0.1) is 27.7 Å². The monoisotopic (exact) mass is 261 g/mol. The van der Waals surface area contributed by atoms with E-state index in [2.05, 4.69) is 47.6 Å². The van der Waals surface area contributed by atoms with Crippen LogP contribution in [-0.4, -0.2) is 10.2 Å². The van der Waals surface area contributed by atoms with Crippen LogP contribution in [0.3, 0.4) is 0 Å². The van der Waals surface area contributed by atoms with Crippen LogP contribution in [0.15, 0.2) is 18.2 Å². The van der Waals surface area contributed by atoms with E-state index in [4.69, 9.17) is 11.6 Å². The number of hydrogen-bond acceptors (Lipinski definition) is 3. The minimum atomic E-state index is 0.457. The fourth-order valence-corrected chi connectivity index (χ4v) is 2.06. The Hall–Kier alpha value is -1.61. The van der Waals surface area contributed by atoms with Crippen LogP contribution in [0.2, 0.25) is 5.15 Å². The van der Waals surface area contributed by atoms with E-state index in [1.807, 2.05) is 13.8 Å². The highest BCUT2D eigenvalue weighted by atomic mass is 35.5. The van der Waals surface area contributed by atoms with Gasteiger partial charge in [-0.2, -0.15) is 0 Å². The van der Waals surface area contributed by atoms with Gasteiger partial charge in [-0.25, -0.2) is 0 Å². The van der Waals surface area contributed by atoms with Crippen molar-refractivity contribution in [3.8, 4) is 0 Å². The number of nitrogens with zero attached hydrogens (tertiary/aromatic N) is 2. The van der Waals surface area contributed by atoms with Gasteiger partial charge in [-0.1, -0.05) is 17.7 Å². The third-order valence-electron chi connectivity index (χ3n) is 2.95. The van der Waals surface area contributed by atoms with E-state index in [-0.39, 0.29) is 0 Å². The van der Waals surface area contributed by atoms with Crippen molar-refractivity contribution < 1.29 is 0 Å². The first-order valence-electron chi connectivity index (χ1n) is 5.82. The van der Waals surface area contributed by atoms with Crippen LogP contribution in [0.1, 0.15) is 22.3 Å². The molecule has 0 atom stereocenters. The molecule has 1 aromatic carbocycles. The van der Waals surface area contributed by atoms with Crippen molar-refractivity contribution in [3.05, 3.63) is 45.6 Å². The van der Waals surface area contributed by atoms with Crippen LogP contribution in [0.5, 0.6) is 0 Å². The van der Waals surface area contributed by atoms with Crippen molar-refractivity contribution >= 4 is 23.1 Å². The summed E-state index contributed by atoms with van der Waals surface area (Å²) in [5.74, 6) is 0.752. The maximum atomic E-state index is 5.94. The summed E-state index contributed by atoms with van der Waals surface area (Å²) < 4.78 is 0. The number of halogens is 1. The molecule has 0 unspecified atom stereocenters. The summed E-state index contributed by atoms with van der Waals surface area (Å²) in [7, 11) is 0. The second-order valence-electron chi connectivity index (χ2n) is 4.59. The fourth-order valence-electron chi connectivity index (χ4n) is 1.88. The van der Waals surface area contributed by atoms with Gasteiger partial charge in [-0.05, 0) is 62.1 Å². The van der Waals surface area contributed by atoms with Crippen molar-refractivity contribution in [2.75, 3.05) is 5.32 Å². The van der Waals surface area contributed by atoms with E-state index in [1.165, 1.54) is 11.1 Å². The zero-order valence-corrected chi connectivity index (χ0v) is 11.8. The van der Waals surface area contributed by atoms with Crippen molar-refractivity contribution in [1.82, 2.24) is 10.2 Å². The molecule has 1 heterocycles. The minimum Gasteiger partial charge on any atom is -0.338 e. The molecule has 94 valence electrons. The lowest BCUT2D eigenvalue weighted by molar-refractivity contribution is 1.00. The van der Waals surface area contributed by atoms with E-state index in [0.29, 0.717) is 5.15 Å². The van der Waals surface area contributed by atoms with E-state index in [0.717, 1.165) is 22.6 Å². The van der Waals surface area contributed by atoms with E-state index < -0.39 is 0 Å². The number of hydrogen-bond donors (Lipinski definition) is 1. The molecule has 0 amide bonds. The van der Waals surface area contributed by atoms with Gasteiger partial charge in [-0.3, -0.25) is 0 Å². The normalized spacial score (nSPS) is 10.5. The molecule has 0 spiro atoms. The van der Waals surface area contributed by atoms with E-state index in [9.17, 15) is 0 Å². The standard InChI is InChI=1S/C14H16ClN3/c1-8-5-9(2)7-12(6-8)16-14-11(4)10(3)13(15)17-18-14/h5-7H,1-4H3,(H,16,18). The van der Waals surface area contributed by atoms with Gasteiger partial charge in [0.05, 0.1) is 0 Å². The molecule has 4 heteroatoms. The average Bonchev–Trinajstić information content (AvgIpc) is 2.29. The predicted octanol–water partition coefficient (Wildman–Crippen LogP) is 4.11. The first-order valence-corrected chi connectivity index (χ1v) is 6.20. The SMILES string of the molecule is Cc1cc(C)cc(Nc2nnc(Cl)c(C)c2C)c1. The summed E-state index contributed by atoms with van der Waals surface area (Å²) in [5, 5.41) is 11.8. The highest BCUT2D eigenvalue weighted by Crippen LogP contribution is 2.24. The smallest absolute Gasteiger partial charge is 0.156 e. The Kier molecular flexibility index (Phi) is 3.53. The highest BCUT2D eigenvalue weighted by Gasteiger charge is 2.08. The molecule has 0 aliphatic rings. The molecule has 0 saturated carbocycles. The molecule has 0 radical (unpaired) electrons. The molecule has 0 aliphatic carbocycles. The number of anilines is 2. The number of benzene rings is 1. The van der Waals surface area contributed by atoms with E-state index >= 15 is 0 Å². The van der Waals surface area contributed by atoms with Gasteiger partial charge in [0.2, 0.25) is 0 Å². The Morgan fingerprint density at radius 3 is 2.11 bits per heavy atom. The Bertz CT molecular complexity index is 574. The quantitative estimate of drug-likeness (QED) is 0.884. The summed E-state index contributed by atoms with van der Waals surface area (Å²) >= 11 is 5.94. The average molecular weight is 262 g/mol. The summed E-state index contributed by atoms with van der Waals surface area (Å²) in [4.78, 5) is 0. The van der Waals surface area contributed by atoms with Crippen molar-refractivity contribution in [1.29, 1.82) is 0 Å². The molecule has 2 rings (SSSR count). The molecular weight excluding hydrogens is 246 g/mol. The van der Waals surface area contributed by atoms with Crippen molar-refractivity contribution in [3.63, 3.8) is 0 Å². The molecule has 0 bridgehead atoms. The topological polar surface area (TPSA) is 37.8 Å². The summed E-state index contributed by atoms with van der Waals surface area (Å²) in [6.07, 6.45) is 0. The maximum absolute atomic E-state index is 5.94. The lowest BCUT2D eigenvalue weighted by atomic mass is 10.1. The lowest BCUT2D eigenvalue weighted by Gasteiger charge is -2.11. The van der Waals surface area contributed by atoms with Gasteiger partial charge < -0.3 is 5.32 Å². The molecule has 0 aliphatic heterocycles. The first kappa shape index (κ1) is 12.8. The van der Waals surface area contributed by atoms with Gasteiger partial charge in [-0.15, -0.1) is 10.2 Å². The molecule has 1 N–H and O–H groups in total. The Labute approximate surface area is 112 Å². The molecule has 2 aromatic rings. The van der Waals surface area contributed by atoms with Crippen molar-refractivity contribution in [2.45, 2.75) is 27.7 Å². The third-order valence-corrected chi connectivity index (χ3v) is 3.31. The fraction of sp³-hybridized carbons (Fsp3) is 0.286. The highest BCUT2D eigenvalue weighted by molar-refractivity contribution is 6.30. The Morgan fingerprint density at radius 2 is 1.50 bits per heavy atom. The molecule has 0 saturated heterocycles. The predicted molar refractivity (Wildman–Crippen MR) is 75.7 cm³/mol. The lowest BCUT2D eigenvalue weighted by Crippen LogP contribution is -2.01. The summed E-state index contributed by atoms with van der Waals surface area (Å²) in [6.45, 7) is 8.08. The maximum Gasteiger partial charge on any atom is 0.156 e. The molecule has 3 nitrogen and oxygen atoms in total. The van der Waals surface area contributed by atoms with Gasteiger partial charge >= 0.3 is 0 Å². The zero-order chi connectivity index (χ0) is 13.3. The summed E-state index contributed by atoms with van der Waals surface area (Å²) in [5.41, 5.74) is 5.43. The van der Waals surface area contributed by atoms with Crippen LogP contribution in [0.4, 0.5) is 11.5 Å². The van der Waals surface area contributed by atoms with Gasteiger partial charge in [0.25, 0.3) is 0 Å². The molecule has 0 fully saturated rings. The third kappa shape index (κ3) is 2.62. The number of nitrogens with one attached hydrogen (secondary N) is 1. The zero-order valence-electron chi connectivity index (χ0n) is 11.0. The van der Waals surface area contributed by atoms with Crippen molar-refractivity contribution in [2.24, 2.45) is 0 Å². The van der Waals surface area contributed by atoms with Gasteiger partial charge in [0, 0.05) is 5.69 Å². The molecule has 18 heavy (non-hydrogen) atoms. The number of aryl methyl sites for hydroxylation is 2. The van der Waals surface area contributed by atoms with E-state index in [1.54, 1.807) is 0 Å². The Balaban J connectivity index is 2.37. The van der Waals surface area contributed by atoms with Gasteiger partial charge in [0.15, 0.2) is 11.0 Å². The Morgan fingerprint density at radius 1 is 0.889 bits per heavy atom. The number of aromatic nitrogens is 2. The molecular formula is C14H16ClN3. The van der Waals surface area contributed by atoms with Gasteiger partial charge in [0.1, 0.15) is 0 Å². The van der Waals surface area contributed by atoms with Crippen LogP contribution in [-0.2, 0) is 0 Å². The second kappa shape index (κ2) is 4.94. The minimum absolute atomic E-state index is 0.457. The summed E-state index contributed by atoms with van der Waals surface area (Å²) in [6, 6.07) is 6.30. The first-order chi connectivity index (χ1) is 8.47. The van der Waals surface area contributed by atoms with Crippen LogP contribution < -0.4 is 5.32 Å². The largest absolute Gasteiger partial charge is 0.338 e. The van der Waals surface area contributed by atoms with Crippen LogP contribution >= 0.6 is 11.6 Å². The second-order valence-corrected chi connectivity index (χ2v) is 4.95. The number of rotatable bonds is 2.